The first-order chi connectivity index (χ1) is 13.8. The fourth-order valence-electron chi connectivity index (χ4n) is 3.21. The second-order valence-electron chi connectivity index (χ2n) is 6.96. The standard InChI is InChI=1S/C20H21ClF2N4O2/c1-12(19(28)25-15-3-4-16(22)17(23)10-15)27-8-6-13(7-9-27)20(29)26-18-5-2-14(21)11-24-18/h2-5,10-13H,6-9H2,1H3,(H,25,28)(H,24,26,29). The number of anilines is 2. The summed E-state index contributed by atoms with van der Waals surface area (Å²) >= 11 is 5.79. The van der Waals surface area contributed by atoms with Gasteiger partial charge in [0.1, 0.15) is 5.82 Å². The zero-order valence-corrected chi connectivity index (χ0v) is 16.5. The van der Waals surface area contributed by atoms with Gasteiger partial charge in [0.05, 0.1) is 11.1 Å². The third kappa shape index (κ3) is 5.48. The summed E-state index contributed by atoms with van der Waals surface area (Å²) in [7, 11) is 0. The van der Waals surface area contributed by atoms with Crippen LogP contribution in [0.2, 0.25) is 5.02 Å². The fourth-order valence-corrected chi connectivity index (χ4v) is 3.33. The largest absolute Gasteiger partial charge is 0.325 e. The lowest BCUT2D eigenvalue weighted by atomic mass is 9.95. The first-order valence-corrected chi connectivity index (χ1v) is 9.63. The summed E-state index contributed by atoms with van der Waals surface area (Å²) in [5.41, 5.74) is 0.200. The minimum Gasteiger partial charge on any atom is -0.325 e. The Morgan fingerprint density at radius 1 is 1.14 bits per heavy atom. The van der Waals surface area contributed by atoms with Gasteiger partial charge >= 0.3 is 0 Å². The number of piperidine rings is 1. The van der Waals surface area contributed by atoms with Crippen molar-refractivity contribution in [3.05, 3.63) is 53.2 Å². The summed E-state index contributed by atoms with van der Waals surface area (Å²) in [5, 5.41) is 5.86. The highest BCUT2D eigenvalue weighted by atomic mass is 35.5. The van der Waals surface area contributed by atoms with E-state index in [0.717, 1.165) is 12.1 Å². The number of nitrogens with one attached hydrogen (secondary N) is 2. The highest BCUT2D eigenvalue weighted by Gasteiger charge is 2.30. The van der Waals surface area contributed by atoms with E-state index in [9.17, 15) is 18.4 Å². The number of pyridine rings is 1. The Labute approximate surface area is 172 Å². The van der Waals surface area contributed by atoms with Gasteiger partial charge in [0.15, 0.2) is 11.6 Å². The maximum Gasteiger partial charge on any atom is 0.241 e. The van der Waals surface area contributed by atoms with Gasteiger partial charge in [-0.1, -0.05) is 11.6 Å². The molecule has 0 saturated carbocycles. The average Bonchev–Trinajstić information content (AvgIpc) is 2.72. The normalized spacial score (nSPS) is 16.3. The quantitative estimate of drug-likeness (QED) is 0.770. The smallest absolute Gasteiger partial charge is 0.241 e. The van der Waals surface area contributed by atoms with E-state index in [1.54, 1.807) is 19.1 Å². The van der Waals surface area contributed by atoms with Crippen molar-refractivity contribution < 1.29 is 18.4 Å². The Bertz CT molecular complexity index is 887. The SMILES string of the molecule is CC(C(=O)Nc1ccc(F)c(F)c1)N1CCC(C(=O)Nc2ccc(Cl)cn2)CC1. The van der Waals surface area contributed by atoms with Crippen molar-refractivity contribution in [3.63, 3.8) is 0 Å². The number of hydrogen-bond acceptors (Lipinski definition) is 4. The molecular formula is C20H21ClF2N4O2. The Morgan fingerprint density at radius 2 is 1.86 bits per heavy atom. The van der Waals surface area contributed by atoms with Crippen LogP contribution in [0, 0.1) is 17.6 Å². The van der Waals surface area contributed by atoms with Gasteiger partial charge in [-0.25, -0.2) is 13.8 Å². The number of rotatable bonds is 5. The van der Waals surface area contributed by atoms with Crippen molar-refractivity contribution >= 4 is 34.9 Å². The second kappa shape index (κ2) is 9.28. The van der Waals surface area contributed by atoms with Crippen molar-refractivity contribution in [2.24, 2.45) is 5.92 Å². The molecule has 1 aromatic heterocycles. The maximum absolute atomic E-state index is 13.3. The highest BCUT2D eigenvalue weighted by Crippen LogP contribution is 2.22. The molecule has 0 spiro atoms. The third-order valence-electron chi connectivity index (χ3n) is 4.99. The summed E-state index contributed by atoms with van der Waals surface area (Å²) < 4.78 is 26.3. The van der Waals surface area contributed by atoms with Crippen molar-refractivity contribution in [3.8, 4) is 0 Å². The molecule has 1 aliphatic heterocycles. The topological polar surface area (TPSA) is 74.3 Å². The number of halogens is 3. The van der Waals surface area contributed by atoms with E-state index in [1.165, 1.54) is 12.3 Å². The molecule has 9 heteroatoms. The zero-order valence-electron chi connectivity index (χ0n) is 15.8. The van der Waals surface area contributed by atoms with E-state index < -0.39 is 17.7 Å². The molecule has 2 heterocycles. The molecule has 1 aliphatic rings. The molecule has 1 fully saturated rings. The van der Waals surface area contributed by atoms with Crippen molar-refractivity contribution in [1.82, 2.24) is 9.88 Å². The predicted molar refractivity (Wildman–Crippen MR) is 107 cm³/mol. The van der Waals surface area contributed by atoms with Crippen LogP contribution in [0.1, 0.15) is 19.8 Å². The van der Waals surface area contributed by atoms with Crippen molar-refractivity contribution in [2.45, 2.75) is 25.8 Å². The first kappa shape index (κ1) is 21.1. The lowest BCUT2D eigenvalue weighted by molar-refractivity contribution is -0.123. The van der Waals surface area contributed by atoms with Crippen LogP contribution < -0.4 is 10.6 Å². The zero-order chi connectivity index (χ0) is 21.0. The molecule has 29 heavy (non-hydrogen) atoms. The van der Waals surface area contributed by atoms with E-state index in [1.807, 2.05) is 4.90 Å². The van der Waals surface area contributed by atoms with E-state index in [-0.39, 0.29) is 23.4 Å². The number of benzene rings is 1. The van der Waals surface area contributed by atoms with Crippen molar-refractivity contribution in [2.75, 3.05) is 23.7 Å². The number of carbonyl (C=O) groups is 2. The van der Waals surface area contributed by atoms with Gasteiger partial charge in [-0.15, -0.1) is 0 Å². The van der Waals surface area contributed by atoms with Crippen LogP contribution >= 0.6 is 11.6 Å². The highest BCUT2D eigenvalue weighted by molar-refractivity contribution is 6.30. The molecule has 1 atom stereocenters. The van der Waals surface area contributed by atoms with E-state index in [0.29, 0.717) is 36.8 Å². The second-order valence-corrected chi connectivity index (χ2v) is 7.39. The number of hydrogen-bond donors (Lipinski definition) is 2. The van der Waals surface area contributed by atoms with Gasteiger partial charge in [0.2, 0.25) is 11.8 Å². The molecule has 1 unspecified atom stereocenters. The molecule has 3 rings (SSSR count). The van der Waals surface area contributed by atoms with Gasteiger partial charge in [-0.05, 0) is 57.1 Å². The van der Waals surface area contributed by atoms with E-state index in [2.05, 4.69) is 15.6 Å². The number of likely N-dealkylation sites (tertiary alicyclic amines) is 1. The fraction of sp³-hybridized carbons (Fsp3) is 0.350. The Morgan fingerprint density at radius 3 is 2.48 bits per heavy atom. The number of nitrogens with zero attached hydrogens (tertiary/aromatic N) is 2. The summed E-state index contributed by atoms with van der Waals surface area (Å²) in [6, 6.07) is 6.05. The molecule has 0 aliphatic carbocycles. The summed E-state index contributed by atoms with van der Waals surface area (Å²) in [6.07, 6.45) is 2.66. The molecule has 1 saturated heterocycles. The molecule has 2 amide bonds. The van der Waals surface area contributed by atoms with Crippen LogP contribution in [0.3, 0.4) is 0 Å². The predicted octanol–water partition coefficient (Wildman–Crippen LogP) is 3.69. The Balaban J connectivity index is 1.49. The average molecular weight is 423 g/mol. The number of carbonyl (C=O) groups excluding carboxylic acids is 2. The Kier molecular flexibility index (Phi) is 6.76. The maximum atomic E-state index is 13.3. The number of amides is 2. The van der Waals surface area contributed by atoms with E-state index in [4.69, 9.17) is 11.6 Å². The molecule has 2 aromatic rings. The van der Waals surface area contributed by atoms with Crippen LogP contribution in [0.4, 0.5) is 20.3 Å². The molecule has 2 N–H and O–H groups in total. The van der Waals surface area contributed by atoms with Crippen LogP contribution in [0.25, 0.3) is 0 Å². The van der Waals surface area contributed by atoms with Crippen molar-refractivity contribution in [1.29, 1.82) is 0 Å². The Hall–Kier alpha value is -2.58. The molecular weight excluding hydrogens is 402 g/mol. The molecule has 6 nitrogen and oxygen atoms in total. The van der Waals surface area contributed by atoms with Crippen LogP contribution in [-0.4, -0.2) is 40.8 Å². The summed E-state index contributed by atoms with van der Waals surface area (Å²) in [4.78, 5) is 30.9. The third-order valence-corrected chi connectivity index (χ3v) is 5.22. The van der Waals surface area contributed by atoms with Gasteiger partial charge in [-0.3, -0.25) is 14.5 Å². The minimum atomic E-state index is -1.02. The minimum absolute atomic E-state index is 0.113. The van der Waals surface area contributed by atoms with Crippen LogP contribution in [0.15, 0.2) is 36.5 Å². The molecule has 1 aromatic carbocycles. The lowest BCUT2D eigenvalue weighted by Gasteiger charge is -2.34. The molecule has 0 radical (unpaired) electrons. The van der Waals surface area contributed by atoms with Gasteiger partial charge < -0.3 is 10.6 Å². The van der Waals surface area contributed by atoms with Gasteiger partial charge in [0.25, 0.3) is 0 Å². The summed E-state index contributed by atoms with van der Waals surface area (Å²) in [6.45, 7) is 2.88. The van der Waals surface area contributed by atoms with Gasteiger partial charge in [0, 0.05) is 23.9 Å². The first-order valence-electron chi connectivity index (χ1n) is 9.26. The number of aromatic nitrogens is 1. The van der Waals surface area contributed by atoms with Crippen LogP contribution in [-0.2, 0) is 9.59 Å². The molecule has 0 bridgehead atoms. The molecule has 154 valence electrons. The summed E-state index contributed by atoms with van der Waals surface area (Å²) in [5.74, 6) is -2.14. The monoisotopic (exact) mass is 422 g/mol. The lowest BCUT2D eigenvalue weighted by Crippen LogP contribution is -2.47. The van der Waals surface area contributed by atoms with E-state index >= 15 is 0 Å². The van der Waals surface area contributed by atoms with Crippen LogP contribution in [0.5, 0.6) is 0 Å². The van der Waals surface area contributed by atoms with Gasteiger partial charge in [-0.2, -0.15) is 0 Å².